The molecule has 1 aromatic carbocycles. The molecular formula is C15H9F3N4. The summed E-state index contributed by atoms with van der Waals surface area (Å²) in [7, 11) is 0. The monoisotopic (exact) mass is 302 g/mol. The lowest BCUT2D eigenvalue weighted by molar-refractivity contribution is -0.137. The largest absolute Gasteiger partial charge is 0.416 e. The van der Waals surface area contributed by atoms with Gasteiger partial charge in [0, 0.05) is 11.9 Å². The second-order valence-electron chi connectivity index (χ2n) is 4.57. The summed E-state index contributed by atoms with van der Waals surface area (Å²) >= 11 is 0. The van der Waals surface area contributed by atoms with Gasteiger partial charge in [0.15, 0.2) is 5.82 Å². The van der Waals surface area contributed by atoms with Crippen molar-refractivity contribution >= 4 is 17.0 Å². The molecular weight excluding hydrogens is 293 g/mol. The van der Waals surface area contributed by atoms with E-state index in [1.165, 1.54) is 16.6 Å². The Bertz CT molecular complexity index is 857. The molecule has 4 nitrogen and oxygen atoms in total. The molecule has 0 saturated heterocycles. The van der Waals surface area contributed by atoms with Gasteiger partial charge in [0.2, 0.25) is 0 Å². The Morgan fingerprint density at radius 3 is 2.45 bits per heavy atom. The molecule has 3 rings (SSSR count). The third-order valence-electron chi connectivity index (χ3n) is 3.13. The second kappa shape index (κ2) is 5.07. The number of nitriles is 1. The highest BCUT2D eigenvalue weighted by molar-refractivity contribution is 5.74. The first-order valence-electron chi connectivity index (χ1n) is 6.31. The molecule has 0 aliphatic heterocycles. The van der Waals surface area contributed by atoms with Crippen LogP contribution in [0.2, 0.25) is 0 Å². The fourth-order valence-corrected chi connectivity index (χ4v) is 2.08. The molecule has 22 heavy (non-hydrogen) atoms. The Morgan fingerprint density at radius 2 is 1.82 bits per heavy atom. The van der Waals surface area contributed by atoms with E-state index in [1.807, 2.05) is 6.07 Å². The number of aromatic nitrogens is 2. The summed E-state index contributed by atoms with van der Waals surface area (Å²) in [6, 6.07) is 11.9. The zero-order chi connectivity index (χ0) is 15.7. The molecule has 0 aliphatic rings. The fraction of sp³-hybridized carbons (Fsp3) is 0.0667. The lowest BCUT2D eigenvalue weighted by atomic mass is 10.2. The molecule has 1 N–H and O–H groups in total. The average molecular weight is 302 g/mol. The Hall–Kier alpha value is -3.01. The SMILES string of the molecule is N#Cc1c(Nc2ccc(C(F)(F)F)cc2)nn2ccccc12. The predicted octanol–water partition coefficient (Wildman–Crippen LogP) is 3.97. The van der Waals surface area contributed by atoms with Crippen molar-refractivity contribution in [2.75, 3.05) is 5.32 Å². The van der Waals surface area contributed by atoms with Crippen molar-refractivity contribution in [2.45, 2.75) is 6.18 Å². The highest BCUT2D eigenvalue weighted by Gasteiger charge is 2.30. The van der Waals surface area contributed by atoms with Crippen LogP contribution in [0.15, 0.2) is 48.7 Å². The molecule has 0 aliphatic carbocycles. The van der Waals surface area contributed by atoms with E-state index in [4.69, 9.17) is 0 Å². The molecule has 0 saturated carbocycles. The minimum atomic E-state index is -4.38. The number of nitrogens with one attached hydrogen (secondary N) is 1. The van der Waals surface area contributed by atoms with Gasteiger partial charge in [0.05, 0.1) is 11.1 Å². The number of hydrogen-bond acceptors (Lipinski definition) is 3. The second-order valence-corrected chi connectivity index (χ2v) is 4.57. The maximum absolute atomic E-state index is 12.5. The van der Waals surface area contributed by atoms with E-state index in [1.54, 1.807) is 24.4 Å². The average Bonchev–Trinajstić information content (AvgIpc) is 2.84. The number of hydrogen-bond donors (Lipinski definition) is 1. The van der Waals surface area contributed by atoms with Gasteiger partial charge in [-0.25, -0.2) is 4.52 Å². The summed E-state index contributed by atoms with van der Waals surface area (Å²) in [5.74, 6) is 0.299. The molecule has 110 valence electrons. The molecule has 0 fully saturated rings. The maximum Gasteiger partial charge on any atom is 0.416 e. The summed E-state index contributed by atoms with van der Waals surface area (Å²) in [5, 5.41) is 16.3. The molecule has 0 unspecified atom stereocenters. The molecule has 0 amide bonds. The standard InChI is InChI=1S/C15H9F3N4/c16-15(17,18)10-4-6-11(7-5-10)20-14-12(9-19)13-3-1-2-8-22(13)21-14/h1-8H,(H,20,21). The summed E-state index contributed by atoms with van der Waals surface area (Å²) in [4.78, 5) is 0. The van der Waals surface area contributed by atoms with Gasteiger partial charge >= 0.3 is 6.18 Å². The Labute approximate surface area is 123 Å². The lowest BCUT2D eigenvalue weighted by Crippen LogP contribution is -2.04. The van der Waals surface area contributed by atoms with E-state index in [2.05, 4.69) is 10.4 Å². The Balaban J connectivity index is 1.95. The van der Waals surface area contributed by atoms with E-state index in [0.29, 0.717) is 22.6 Å². The van der Waals surface area contributed by atoms with Gasteiger partial charge in [-0.05, 0) is 36.4 Å². The van der Waals surface area contributed by atoms with Crippen LogP contribution >= 0.6 is 0 Å². The van der Waals surface area contributed by atoms with Crippen molar-refractivity contribution in [1.82, 2.24) is 9.61 Å². The molecule has 3 aromatic rings. The number of fused-ring (bicyclic) bond motifs is 1. The highest BCUT2D eigenvalue weighted by Crippen LogP contribution is 2.30. The normalized spacial score (nSPS) is 11.4. The van der Waals surface area contributed by atoms with Crippen LogP contribution in [0.25, 0.3) is 5.52 Å². The Morgan fingerprint density at radius 1 is 1.09 bits per heavy atom. The summed E-state index contributed by atoms with van der Waals surface area (Å²) in [6.07, 6.45) is -2.69. The number of alkyl halides is 3. The zero-order valence-corrected chi connectivity index (χ0v) is 11.1. The summed E-state index contributed by atoms with van der Waals surface area (Å²) < 4.78 is 39.1. The van der Waals surface area contributed by atoms with Gasteiger partial charge in [-0.1, -0.05) is 6.07 Å². The van der Waals surface area contributed by atoms with E-state index in [0.717, 1.165) is 12.1 Å². The van der Waals surface area contributed by atoms with E-state index in [-0.39, 0.29) is 0 Å². The third kappa shape index (κ3) is 2.46. The zero-order valence-electron chi connectivity index (χ0n) is 11.1. The maximum atomic E-state index is 12.5. The number of nitrogens with zero attached hydrogens (tertiary/aromatic N) is 3. The van der Waals surface area contributed by atoms with Crippen LogP contribution in [-0.2, 0) is 6.18 Å². The van der Waals surface area contributed by atoms with Crippen LogP contribution in [-0.4, -0.2) is 9.61 Å². The molecule has 0 radical (unpaired) electrons. The highest BCUT2D eigenvalue weighted by atomic mass is 19.4. The van der Waals surface area contributed by atoms with Crippen molar-refractivity contribution < 1.29 is 13.2 Å². The first kappa shape index (κ1) is 13.9. The van der Waals surface area contributed by atoms with Crippen LogP contribution < -0.4 is 5.32 Å². The number of anilines is 2. The van der Waals surface area contributed by atoms with Crippen molar-refractivity contribution in [3.8, 4) is 6.07 Å². The van der Waals surface area contributed by atoms with Crippen LogP contribution in [0.1, 0.15) is 11.1 Å². The molecule has 0 bridgehead atoms. The van der Waals surface area contributed by atoms with Crippen molar-refractivity contribution in [1.29, 1.82) is 5.26 Å². The van der Waals surface area contributed by atoms with Crippen molar-refractivity contribution in [3.63, 3.8) is 0 Å². The quantitative estimate of drug-likeness (QED) is 0.779. The lowest BCUT2D eigenvalue weighted by Gasteiger charge is -2.08. The van der Waals surface area contributed by atoms with E-state index in [9.17, 15) is 18.4 Å². The molecule has 0 spiro atoms. The van der Waals surface area contributed by atoms with Crippen molar-refractivity contribution in [3.05, 3.63) is 59.8 Å². The van der Waals surface area contributed by atoms with Gasteiger partial charge in [0.25, 0.3) is 0 Å². The van der Waals surface area contributed by atoms with Gasteiger partial charge in [0.1, 0.15) is 11.6 Å². The van der Waals surface area contributed by atoms with Crippen LogP contribution in [0.4, 0.5) is 24.7 Å². The number of halogens is 3. The Kier molecular flexibility index (Phi) is 3.22. The van der Waals surface area contributed by atoms with Crippen LogP contribution in [0, 0.1) is 11.3 Å². The minimum absolute atomic E-state index is 0.299. The predicted molar refractivity (Wildman–Crippen MR) is 74.6 cm³/mol. The molecule has 2 heterocycles. The topological polar surface area (TPSA) is 53.1 Å². The minimum Gasteiger partial charge on any atom is -0.338 e. The first-order valence-corrected chi connectivity index (χ1v) is 6.31. The number of rotatable bonds is 2. The van der Waals surface area contributed by atoms with Gasteiger partial charge < -0.3 is 5.32 Å². The van der Waals surface area contributed by atoms with Gasteiger partial charge in [-0.3, -0.25) is 0 Å². The van der Waals surface area contributed by atoms with Gasteiger partial charge in [-0.15, -0.1) is 5.10 Å². The van der Waals surface area contributed by atoms with E-state index >= 15 is 0 Å². The summed E-state index contributed by atoms with van der Waals surface area (Å²) in [5.41, 5.74) is 0.654. The van der Waals surface area contributed by atoms with Crippen LogP contribution in [0.3, 0.4) is 0 Å². The van der Waals surface area contributed by atoms with Crippen LogP contribution in [0.5, 0.6) is 0 Å². The molecule has 0 atom stereocenters. The molecule has 7 heteroatoms. The fourth-order valence-electron chi connectivity index (χ4n) is 2.08. The first-order chi connectivity index (χ1) is 10.5. The number of benzene rings is 1. The number of pyridine rings is 1. The smallest absolute Gasteiger partial charge is 0.338 e. The third-order valence-corrected chi connectivity index (χ3v) is 3.13. The van der Waals surface area contributed by atoms with E-state index < -0.39 is 11.7 Å². The van der Waals surface area contributed by atoms with Crippen molar-refractivity contribution in [2.24, 2.45) is 0 Å². The molecule has 2 aromatic heterocycles. The summed E-state index contributed by atoms with van der Waals surface area (Å²) in [6.45, 7) is 0. The van der Waals surface area contributed by atoms with Gasteiger partial charge in [-0.2, -0.15) is 18.4 Å².